The van der Waals surface area contributed by atoms with Gasteiger partial charge in [-0.3, -0.25) is 4.79 Å². The highest BCUT2D eigenvalue weighted by molar-refractivity contribution is 5.98. The molecule has 1 aromatic rings. The smallest absolute Gasteiger partial charge is 0.249 e. The van der Waals surface area contributed by atoms with Crippen molar-refractivity contribution in [1.82, 2.24) is 0 Å². The average Bonchev–Trinajstić information content (AvgIpc) is 2.99. The summed E-state index contributed by atoms with van der Waals surface area (Å²) in [6, 6.07) is 5.96. The molecule has 0 saturated carbocycles. The molecule has 2 bridgehead atoms. The molecular weight excluding hydrogens is 366 g/mol. The highest BCUT2D eigenvalue weighted by atomic mass is 16.6. The molecular formula is C24H33NO4. The summed E-state index contributed by atoms with van der Waals surface area (Å²) < 4.78 is 6.17. The molecule has 2 saturated heterocycles. The lowest BCUT2D eigenvalue weighted by molar-refractivity contribution is -0.177. The Morgan fingerprint density at radius 3 is 2.31 bits per heavy atom. The average molecular weight is 400 g/mol. The molecule has 2 atom stereocenters. The summed E-state index contributed by atoms with van der Waals surface area (Å²) in [5.41, 5.74) is 8.69. The highest BCUT2D eigenvalue weighted by Crippen LogP contribution is 2.53. The Hall–Kier alpha value is -1.69. The number of benzene rings is 1. The van der Waals surface area contributed by atoms with Gasteiger partial charge in [0.25, 0.3) is 0 Å². The van der Waals surface area contributed by atoms with Crippen LogP contribution in [0.1, 0.15) is 86.2 Å². The van der Waals surface area contributed by atoms with E-state index in [2.05, 4.69) is 26.0 Å². The zero-order valence-electron chi connectivity index (χ0n) is 17.5. The largest absolute Gasteiger partial charge is 0.393 e. The lowest BCUT2D eigenvalue weighted by Gasteiger charge is -2.43. The Labute approximate surface area is 172 Å². The Bertz CT molecular complexity index is 825. The van der Waals surface area contributed by atoms with E-state index in [1.54, 1.807) is 0 Å². The zero-order valence-corrected chi connectivity index (χ0v) is 17.5. The van der Waals surface area contributed by atoms with Gasteiger partial charge in [0.1, 0.15) is 0 Å². The Morgan fingerprint density at radius 2 is 1.79 bits per heavy atom. The zero-order chi connectivity index (χ0) is 20.9. The van der Waals surface area contributed by atoms with Gasteiger partial charge in [0.2, 0.25) is 5.91 Å². The molecule has 1 aromatic carbocycles. The Morgan fingerprint density at radius 1 is 1.14 bits per heavy atom. The van der Waals surface area contributed by atoms with E-state index in [0.717, 1.165) is 56.1 Å². The minimum atomic E-state index is -0.567. The molecule has 2 aliphatic heterocycles. The normalized spacial score (nSPS) is 33.4. The number of carbonyl (C=O) groups is 1. The van der Waals surface area contributed by atoms with E-state index in [1.165, 1.54) is 5.57 Å². The molecule has 5 nitrogen and oxygen atoms in total. The van der Waals surface area contributed by atoms with Gasteiger partial charge in [-0.05, 0) is 79.0 Å². The first-order valence-corrected chi connectivity index (χ1v) is 10.8. The van der Waals surface area contributed by atoms with Gasteiger partial charge < -0.3 is 20.7 Å². The quantitative estimate of drug-likeness (QED) is 0.706. The first kappa shape index (κ1) is 20.6. The minimum Gasteiger partial charge on any atom is -0.393 e. The molecule has 2 fully saturated rings. The molecule has 5 heteroatoms. The van der Waals surface area contributed by atoms with Crippen molar-refractivity contribution in [3.05, 3.63) is 41.0 Å². The number of hydrogen-bond acceptors (Lipinski definition) is 4. The van der Waals surface area contributed by atoms with Crippen molar-refractivity contribution < 1.29 is 19.7 Å². The second-order valence-corrected chi connectivity index (χ2v) is 10.2. The van der Waals surface area contributed by atoms with Crippen LogP contribution in [-0.2, 0) is 4.74 Å². The third-order valence-corrected chi connectivity index (χ3v) is 7.38. The Balaban J connectivity index is 1.71. The molecule has 2 heterocycles. The van der Waals surface area contributed by atoms with Crippen LogP contribution in [0.2, 0.25) is 0 Å². The first-order chi connectivity index (χ1) is 13.7. The van der Waals surface area contributed by atoms with Gasteiger partial charge >= 0.3 is 0 Å². The molecule has 0 radical (unpaired) electrons. The topological polar surface area (TPSA) is 92.8 Å². The fraction of sp³-hybridized carbons (Fsp3) is 0.625. The van der Waals surface area contributed by atoms with E-state index < -0.39 is 17.1 Å². The molecule has 0 aromatic heterocycles. The number of carbonyl (C=O) groups excluding carboxylic acids is 1. The van der Waals surface area contributed by atoms with Crippen molar-refractivity contribution in [2.24, 2.45) is 11.1 Å². The van der Waals surface area contributed by atoms with Crippen LogP contribution in [0.3, 0.4) is 0 Å². The maximum atomic E-state index is 12.1. The minimum absolute atomic E-state index is 0.0300. The summed E-state index contributed by atoms with van der Waals surface area (Å²) in [5, 5.41) is 20.0. The van der Waals surface area contributed by atoms with Crippen LogP contribution in [0.15, 0.2) is 24.3 Å². The van der Waals surface area contributed by atoms with Crippen LogP contribution in [-0.4, -0.2) is 40.5 Å². The predicted molar refractivity (Wildman–Crippen MR) is 112 cm³/mol. The molecule has 4 rings (SSSR count). The predicted octanol–water partition coefficient (Wildman–Crippen LogP) is 3.53. The fourth-order valence-electron chi connectivity index (χ4n) is 5.48. The molecule has 1 aliphatic carbocycles. The van der Waals surface area contributed by atoms with Gasteiger partial charge in [0, 0.05) is 5.56 Å². The summed E-state index contributed by atoms with van der Waals surface area (Å²) in [6.07, 6.45) is 8.27. The summed E-state index contributed by atoms with van der Waals surface area (Å²) in [5.74, 6) is -0.227. The van der Waals surface area contributed by atoms with Crippen LogP contribution in [0.25, 0.3) is 5.57 Å². The van der Waals surface area contributed by atoms with Crippen LogP contribution in [0.5, 0.6) is 0 Å². The third-order valence-electron chi connectivity index (χ3n) is 7.38. The number of aliphatic hydroxyl groups excluding tert-OH is 2. The standard InChI is InChI=1S/C24H33NO4/c1-22(2)7-5-16(6-8-22)20-11-17(3-4-19(20)21(25)28)18-12-23(14-26)9-10-24(13-18,15-27)29-23/h3-5,11,18,26-27H,6-10,12-15H2,1-2H3,(H2,25,28). The van der Waals surface area contributed by atoms with Crippen molar-refractivity contribution >= 4 is 11.5 Å². The van der Waals surface area contributed by atoms with E-state index >= 15 is 0 Å². The molecule has 29 heavy (non-hydrogen) atoms. The Kier molecular flexibility index (Phi) is 5.12. The van der Waals surface area contributed by atoms with Crippen LogP contribution in [0.4, 0.5) is 0 Å². The fourth-order valence-corrected chi connectivity index (χ4v) is 5.48. The van der Waals surface area contributed by atoms with Gasteiger partial charge in [-0.1, -0.05) is 32.1 Å². The maximum absolute atomic E-state index is 12.1. The molecule has 3 aliphatic rings. The van der Waals surface area contributed by atoms with Gasteiger partial charge in [0.15, 0.2) is 0 Å². The van der Waals surface area contributed by atoms with Crippen molar-refractivity contribution in [2.75, 3.05) is 13.2 Å². The number of ether oxygens (including phenoxy) is 1. The summed E-state index contributed by atoms with van der Waals surface area (Å²) in [6.45, 7) is 4.48. The van der Waals surface area contributed by atoms with Gasteiger partial charge in [0.05, 0.1) is 24.4 Å². The van der Waals surface area contributed by atoms with E-state index in [4.69, 9.17) is 10.5 Å². The van der Waals surface area contributed by atoms with Crippen molar-refractivity contribution in [3.8, 4) is 0 Å². The summed E-state index contributed by atoms with van der Waals surface area (Å²) in [4.78, 5) is 12.1. The number of hydrogen-bond donors (Lipinski definition) is 3. The summed E-state index contributed by atoms with van der Waals surface area (Å²) >= 11 is 0. The highest BCUT2D eigenvalue weighted by Gasteiger charge is 2.54. The number of nitrogens with two attached hydrogens (primary N) is 1. The molecule has 2 unspecified atom stereocenters. The van der Waals surface area contributed by atoms with E-state index in [9.17, 15) is 15.0 Å². The number of rotatable bonds is 5. The number of allylic oxidation sites excluding steroid dienone is 2. The van der Waals surface area contributed by atoms with Crippen LogP contribution < -0.4 is 5.73 Å². The molecule has 4 N–H and O–H groups in total. The number of fused-ring (bicyclic) bond motifs is 2. The number of aliphatic hydroxyl groups is 2. The van der Waals surface area contributed by atoms with E-state index in [-0.39, 0.29) is 24.5 Å². The number of amides is 1. The van der Waals surface area contributed by atoms with Gasteiger partial charge in [-0.2, -0.15) is 0 Å². The second-order valence-electron chi connectivity index (χ2n) is 10.2. The van der Waals surface area contributed by atoms with E-state index in [0.29, 0.717) is 5.56 Å². The molecule has 1 amide bonds. The van der Waals surface area contributed by atoms with Crippen molar-refractivity contribution in [1.29, 1.82) is 0 Å². The SMILES string of the molecule is CC1(C)CC=C(c2cc(C3CC4(CO)CCC(CO)(C3)O4)ccc2C(N)=O)CC1. The summed E-state index contributed by atoms with van der Waals surface area (Å²) in [7, 11) is 0. The van der Waals surface area contributed by atoms with E-state index in [1.807, 2.05) is 12.1 Å². The van der Waals surface area contributed by atoms with Crippen LogP contribution >= 0.6 is 0 Å². The van der Waals surface area contributed by atoms with Crippen LogP contribution in [0, 0.1) is 5.41 Å². The lowest BCUT2D eigenvalue weighted by atomic mass is 9.75. The second kappa shape index (κ2) is 7.22. The molecule has 158 valence electrons. The third kappa shape index (κ3) is 3.76. The van der Waals surface area contributed by atoms with Gasteiger partial charge in [-0.25, -0.2) is 0 Å². The maximum Gasteiger partial charge on any atom is 0.249 e. The van der Waals surface area contributed by atoms with Crippen molar-refractivity contribution in [2.45, 2.75) is 75.9 Å². The molecule has 0 spiro atoms. The monoisotopic (exact) mass is 399 g/mol. The first-order valence-electron chi connectivity index (χ1n) is 10.8. The van der Waals surface area contributed by atoms with Gasteiger partial charge in [-0.15, -0.1) is 0 Å². The van der Waals surface area contributed by atoms with Crippen molar-refractivity contribution in [3.63, 3.8) is 0 Å². The lowest BCUT2D eigenvalue weighted by Crippen LogP contribution is -2.47. The number of primary amides is 1.